The Bertz CT molecular complexity index is 573. The van der Waals surface area contributed by atoms with Crippen molar-refractivity contribution in [2.45, 2.75) is 33.2 Å². The molecule has 1 nitrogen and oxygen atoms in total. The minimum atomic E-state index is -0.0955. The maximum Gasteiger partial charge on any atom is 0.0554 e. The molecule has 0 spiro atoms. The second kappa shape index (κ2) is 5.77. The number of benzene rings is 2. The molecule has 0 bridgehead atoms. The third-order valence-corrected chi connectivity index (χ3v) is 4.04. The smallest absolute Gasteiger partial charge is 0.0554 e. The average Bonchev–Trinajstić information content (AvgIpc) is 2.42. The standard InChI is InChI=1S/C17H20ClN/c1-4-13-5-7-14(8-6-13)17(19)15-9-12(3)16(18)10-11(15)2/h5-10,17H,4,19H2,1-3H3. The molecule has 2 aromatic carbocycles. The van der Waals surface area contributed by atoms with E-state index in [9.17, 15) is 0 Å². The Balaban J connectivity index is 2.37. The minimum absolute atomic E-state index is 0.0955. The molecule has 0 fully saturated rings. The number of hydrogen-bond donors (Lipinski definition) is 1. The first kappa shape index (κ1) is 14.1. The third-order valence-electron chi connectivity index (χ3n) is 3.63. The van der Waals surface area contributed by atoms with Gasteiger partial charge in [0.15, 0.2) is 0 Å². The second-order valence-electron chi connectivity index (χ2n) is 5.03. The van der Waals surface area contributed by atoms with E-state index in [1.807, 2.05) is 13.0 Å². The molecule has 0 saturated carbocycles. The van der Waals surface area contributed by atoms with Gasteiger partial charge in [-0.05, 0) is 54.2 Å². The molecule has 19 heavy (non-hydrogen) atoms. The molecule has 0 aliphatic carbocycles. The lowest BCUT2D eigenvalue weighted by Crippen LogP contribution is -2.13. The first-order chi connectivity index (χ1) is 9.02. The van der Waals surface area contributed by atoms with Crippen LogP contribution in [-0.2, 0) is 6.42 Å². The van der Waals surface area contributed by atoms with Crippen molar-refractivity contribution in [2.75, 3.05) is 0 Å². The van der Waals surface area contributed by atoms with E-state index in [-0.39, 0.29) is 6.04 Å². The van der Waals surface area contributed by atoms with Crippen LogP contribution in [0.1, 0.15) is 40.8 Å². The number of halogens is 1. The summed E-state index contributed by atoms with van der Waals surface area (Å²) >= 11 is 6.14. The number of rotatable bonds is 3. The molecule has 2 aromatic rings. The van der Waals surface area contributed by atoms with Crippen LogP contribution >= 0.6 is 11.6 Å². The predicted octanol–water partition coefficient (Wildman–Crippen LogP) is 4.57. The molecule has 0 heterocycles. The first-order valence-electron chi connectivity index (χ1n) is 6.64. The number of hydrogen-bond acceptors (Lipinski definition) is 1. The molecule has 1 atom stereocenters. The van der Waals surface area contributed by atoms with Crippen molar-refractivity contribution in [2.24, 2.45) is 5.73 Å². The summed E-state index contributed by atoms with van der Waals surface area (Å²) in [5, 5.41) is 0.801. The molecule has 0 saturated heterocycles. The fraction of sp³-hybridized carbons (Fsp3) is 0.294. The van der Waals surface area contributed by atoms with Gasteiger partial charge in [0.1, 0.15) is 0 Å². The molecule has 0 radical (unpaired) electrons. The molecular weight excluding hydrogens is 254 g/mol. The summed E-state index contributed by atoms with van der Waals surface area (Å²) in [6, 6.07) is 12.5. The summed E-state index contributed by atoms with van der Waals surface area (Å²) in [5.41, 5.74) is 12.2. The normalized spacial score (nSPS) is 12.5. The maximum absolute atomic E-state index is 6.38. The Kier molecular flexibility index (Phi) is 4.28. The van der Waals surface area contributed by atoms with Gasteiger partial charge in [-0.1, -0.05) is 48.9 Å². The van der Waals surface area contributed by atoms with Crippen molar-refractivity contribution < 1.29 is 0 Å². The van der Waals surface area contributed by atoms with E-state index in [1.165, 1.54) is 5.56 Å². The fourth-order valence-electron chi connectivity index (χ4n) is 2.28. The topological polar surface area (TPSA) is 26.0 Å². The van der Waals surface area contributed by atoms with E-state index in [4.69, 9.17) is 17.3 Å². The van der Waals surface area contributed by atoms with Crippen LogP contribution in [0.3, 0.4) is 0 Å². The zero-order chi connectivity index (χ0) is 14.0. The highest BCUT2D eigenvalue weighted by molar-refractivity contribution is 6.31. The molecule has 1 unspecified atom stereocenters. The summed E-state index contributed by atoms with van der Waals surface area (Å²) in [6.07, 6.45) is 1.05. The summed E-state index contributed by atoms with van der Waals surface area (Å²) in [4.78, 5) is 0. The molecule has 0 aliphatic heterocycles. The van der Waals surface area contributed by atoms with Gasteiger partial charge in [-0.2, -0.15) is 0 Å². The van der Waals surface area contributed by atoms with Crippen molar-refractivity contribution >= 4 is 11.6 Å². The average molecular weight is 274 g/mol. The Labute approximate surface area is 120 Å². The van der Waals surface area contributed by atoms with Gasteiger partial charge in [-0.3, -0.25) is 0 Å². The quantitative estimate of drug-likeness (QED) is 0.871. The van der Waals surface area contributed by atoms with Crippen molar-refractivity contribution in [3.05, 3.63) is 69.2 Å². The van der Waals surface area contributed by atoms with E-state index in [0.717, 1.165) is 33.7 Å². The predicted molar refractivity (Wildman–Crippen MR) is 82.8 cm³/mol. The van der Waals surface area contributed by atoms with Crippen LogP contribution in [0.4, 0.5) is 0 Å². The van der Waals surface area contributed by atoms with Crippen LogP contribution < -0.4 is 5.73 Å². The van der Waals surface area contributed by atoms with Crippen LogP contribution in [0.15, 0.2) is 36.4 Å². The highest BCUT2D eigenvalue weighted by Crippen LogP contribution is 2.27. The van der Waals surface area contributed by atoms with Gasteiger partial charge < -0.3 is 5.73 Å². The van der Waals surface area contributed by atoms with E-state index in [1.54, 1.807) is 0 Å². The van der Waals surface area contributed by atoms with Gasteiger partial charge >= 0.3 is 0 Å². The van der Waals surface area contributed by atoms with Crippen LogP contribution in [-0.4, -0.2) is 0 Å². The molecular formula is C17H20ClN. The van der Waals surface area contributed by atoms with Crippen LogP contribution in [0, 0.1) is 13.8 Å². The maximum atomic E-state index is 6.38. The third kappa shape index (κ3) is 2.99. The highest BCUT2D eigenvalue weighted by Gasteiger charge is 2.13. The van der Waals surface area contributed by atoms with E-state index < -0.39 is 0 Å². The molecule has 2 rings (SSSR count). The zero-order valence-corrected chi connectivity index (χ0v) is 12.5. The molecule has 100 valence electrons. The molecule has 0 aromatic heterocycles. The zero-order valence-electron chi connectivity index (χ0n) is 11.7. The number of aryl methyl sites for hydroxylation is 3. The first-order valence-corrected chi connectivity index (χ1v) is 7.01. The molecule has 0 amide bonds. The van der Waals surface area contributed by atoms with Crippen molar-refractivity contribution in [3.8, 4) is 0 Å². The summed E-state index contributed by atoms with van der Waals surface area (Å²) < 4.78 is 0. The Morgan fingerprint density at radius 1 is 1.05 bits per heavy atom. The van der Waals surface area contributed by atoms with Gasteiger partial charge in [0, 0.05) is 5.02 Å². The van der Waals surface area contributed by atoms with Gasteiger partial charge in [-0.25, -0.2) is 0 Å². The van der Waals surface area contributed by atoms with E-state index in [0.29, 0.717) is 0 Å². The largest absolute Gasteiger partial charge is 0.320 e. The number of nitrogens with two attached hydrogens (primary N) is 1. The second-order valence-corrected chi connectivity index (χ2v) is 5.44. The Morgan fingerprint density at radius 3 is 2.26 bits per heavy atom. The van der Waals surface area contributed by atoms with Gasteiger partial charge in [0.05, 0.1) is 6.04 Å². The lowest BCUT2D eigenvalue weighted by Gasteiger charge is -2.17. The van der Waals surface area contributed by atoms with Gasteiger partial charge in [0.25, 0.3) is 0 Å². The summed E-state index contributed by atoms with van der Waals surface area (Å²) in [5.74, 6) is 0. The van der Waals surface area contributed by atoms with E-state index >= 15 is 0 Å². The van der Waals surface area contributed by atoms with Crippen molar-refractivity contribution in [1.29, 1.82) is 0 Å². The summed E-state index contributed by atoms with van der Waals surface area (Å²) in [7, 11) is 0. The Hall–Kier alpha value is -1.31. The van der Waals surface area contributed by atoms with E-state index in [2.05, 4.69) is 44.2 Å². The van der Waals surface area contributed by atoms with Crippen LogP contribution in [0.25, 0.3) is 0 Å². The Morgan fingerprint density at radius 2 is 1.68 bits per heavy atom. The lowest BCUT2D eigenvalue weighted by molar-refractivity contribution is 0.858. The highest BCUT2D eigenvalue weighted by atomic mass is 35.5. The molecule has 2 N–H and O–H groups in total. The van der Waals surface area contributed by atoms with Crippen molar-refractivity contribution in [3.63, 3.8) is 0 Å². The summed E-state index contributed by atoms with van der Waals surface area (Å²) in [6.45, 7) is 6.22. The monoisotopic (exact) mass is 273 g/mol. The van der Waals surface area contributed by atoms with Crippen LogP contribution in [0.2, 0.25) is 5.02 Å². The van der Waals surface area contributed by atoms with Crippen LogP contribution in [0.5, 0.6) is 0 Å². The molecule has 2 heteroatoms. The lowest BCUT2D eigenvalue weighted by atomic mass is 9.93. The fourth-order valence-corrected chi connectivity index (χ4v) is 2.50. The SMILES string of the molecule is CCc1ccc(C(N)c2cc(C)c(Cl)cc2C)cc1. The minimum Gasteiger partial charge on any atom is -0.320 e. The van der Waals surface area contributed by atoms with Crippen molar-refractivity contribution in [1.82, 2.24) is 0 Å². The molecule has 0 aliphatic rings. The van der Waals surface area contributed by atoms with Gasteiger partial charge in [-0.15, -0.1) is 0 Å². The van der Waals surface area contributed by atoms with Gasteiger partial charge in [0.2, 0.25) is 0 Å².